The van der Waals surface area contributed by atoms with E-state index in [0.717, 1.165) is 37.0 Å². The van der Waals surface area contributed by atoms with Crippen LogP contribution < -0.4 is 11.1 Å². The van der Waals surface area contributed by atoms with Crippen LogP contribution in [0, 0.1) is 35.0 Å². The quantitative estimate of drug-likeness (QED) is 0.453. The third-order valence-corrected chi connectivity index (χ3v) is 8.31. The van der Waals surface area contributed by atoms with E-state index in [1.54, 1.807) is 18.3 Å². The van der Waals surface area contributed by atoms with Crippen LogP contribution in [-0.2, 0) is 0 Å². The first kappa shape index (κ1) is 25.2. The summed E-state index contributed by atoms with van der Waals surface area (Å²) in [6.07, 6.45) is 9.45. The topological polar surface area (TPSA) is 107 Å². The molecule has 4 N–H and O–H groups in total. The van der Waals surface area contributed by atoms with E-state index in [-0.39, 0.29) is 11.7 Å². The van der Waals surface area contributed by atoms with E-state index in [4.69, 9.17) is 33.9 Å². The Hall–Kier alpha value is -1.91. The number of nitriles is 1. The average molecular weight is 502 g/mol. The van der Waals surface area contributed by atoms with Gasteiger partial charge in [-0.1, -0.05) is 42.1 Å². The summed E-state index contributed by atoms with van der Waals surface area (Å²) in [5, 5.41) is 23.6. The average Bonchev–Trinajstić information content (AvgIpc) is 3.34. The first-order valence-corrected chi connectivity index (χ1v) is 13.0. The molecule has 0 aromatic heterocycles. The van der Waals surface area contributed by atoms with E-state index >= 15 is 0 Å². The summed E-state index contributed by atoms with van der Waals surface area (Å²) in [6, 6.07) is 7.28. The van der Waals surface area contributed by atoms with E-state index in [1.165, 1.54) is 19.3 Å². The van der Waals surface area contributed by atoms with Crippen LogP contribution in [0.15, 0.2) is 39.6 Å². The highest BCUT2D eigenvalue weighted by molar-refractivity contribution is 6.35. The second kappa shape index (κ2) is 11.2. The first-order valence-electron chi connectivity index (χ1n) is 12.2. The van der Waals surface area contributed by atoms with Crippen molar-refractivity contribution in [2.45, 2.75) is 64.1 Å². The first-order chi connectivity index (χ1) is 16.4. The molecule has 182 valence electrons. The molecule has 1 aliphatic heterocycles. The molecular formula is C26H33Cl2N5O. The molecular weight excluding hydrogens is 469 g/mol. The zero-order valence-corrected chi connectivity index (χ0v) is 21.1. The Balaban J connectivity index is 1.50. The van der Waals surface area contributed by atoms with Crippen LogP contribution in [0.2, 0.25) is 10.0 Å². The molecule has 2 aliphatic carbocycles. The second-order valence-corrected chi connectivity index (χ2v) is 10.8. The van der Waals surface area contributed by atoms with Gasteiger partial charge in [0.15, 0.2) is 0 Å². The van der Waals surface area contributed by atoms with Crippen molar-refractivity contribution in [3.8, 4) is 6.07 Å². The monoisotopic (exact) mass is 501 g/mol. The van der Waals surface area contributed by atoms with Crippen molar-refractivity contribution in [2.24, 2.45) is 39.4 Å². The number of allylic oxidation sites excluding steroid dienone is 1. The molecule has 1 heterocycles. The molecule has 6 nitrogen and oxygen atoms in total. The summed E-state index contributed by atoms with van der Waals surface area (Å²) < 4.78 is 0. The molecule has 0 bridgehead atoms. The fourth-order valence-electron chi connectivity index (χ4n) is 5.87. The third-order valence-electron chi connectivity index (χ3n) is 7.75. The molecule has 3 aliphatic rings. The lowest BCUT2D eigenvalue weighted by molar-refractivity contribution is 0.133. The zero-order valence-electron chi connectivity index (χ0n) is 19.6. The predicted octanol–water partition coefficient (Wildman–Crippen LogP) is 5.40. The van der Waals surface area contributed by atoms with E-state index in [1.807, 2.05) is 19.1 Å². The highest BCUT2D eigenvalue weighted by Gasteiger charge is 2.36. The van der Waals surface area contributed by atoms with E-state index < -0.39 is 6.17 Å². The lowest BCUT2D eigenvalue weighted by Crippen LogP contribution is -2.37. The summed E-state index contributed by atoms with van der Waals surface area (Å²) in [5.74, 6) is 2.19. The number of nitrogens with one attached hydrogen (secondary N) is 1. The molecule has 5 unspecified atom stereocenters. The number of hydrogen-bond donors (Lipinski definition) is 3. The minimum atomic E-state index is -0.520. The highest BCUT2D eigenvalue weighted by atomic mass is 35.5. The number of aliphatic imine (C=N–C) groups is 2. The summed E-state index contributed by atoms with van der Waals surface area (Å²) in [6.45, 7) is 2.31. The fourth-order valence-corrected chi connectivity index (χ4v) is 6.44. The number of aliphatic hydroxyl groups excluding tert-OH is 1. The second-order valence-electron chi connectivity index (χ2n) is 9.92. The van der Waals surface area contributed by atoms with Gasteiger partial charge in [0, 0.05) is 34.8 Å². The molecule has 0 spiro atoms. The van der Waals surface area contributed by atoms with Gasteiger partial charge in [0.05, 0.1) is 5.71 Å². The Morgan fingerprint density at radius 2 is 2.03 bits per heavy atom. The van der Waals surface area contributed by atoms with Crippen LogP contribution in [0.5, 0.6) is 0 Å². The fraction of sp³-hybridized carbons (Fsp3) is 0.577. The van der Waals surface area contributed by atoms with Gasteiger partial charge in [-0.3, -0.25) is 15.3 Å². The van der Waals surface area contributed by atoms with E-state index in [0.29, 0.717) is 46.0 Å². The molecule has 6 atom stereocenters. The number of benzene rings is 1. The summed E-state index contributed by atoms with van der Waals surface area (Å²) in [4.78, 5) is 9.58. The third kappa shape index (κ3) is 5.66. The van der Waals surface area contributed by atoms with Crippen LogP contribution in [0.4, 0.5) is 0 Å². The minimum Gasteiger partial charge on any atom is -0.396 e. The van der Waals surface area contributed by atoms with Gasteiger partial charge in [-0.05, 0) is 74.5 Å². The largest absolute Gasteiger partial charge is 0.396 e. The molecule has 4 rings (SSSR count). The molecule has 2 saturated carbocycles. The Morgan fingerprint density at radius 1 is 1.24 bits per heavy atom. The van der Waals surface area contributed by atoms with Gasteiger partial charge < -0.3 is 10.8 Å². The van der Waals surface area contributed by atoms with Crippen molar-refractivity contribution in [1.29, 1.82) is 5.26 Å². The van der Waals surface area contributed by atoms with Gasteiger partial charge in [-0.15, -0.1) is 0 Å². The lowest BCUT2D eigenvalue weighted by Gasteiger charge is -2.32. The summed E-state index contributed by atoms with van der Waals surface area (Å²) in [5.41, 5.74) is 8.34. The normalized spacial score (nSPS) is 31.6. The standard InChI is InChI=1S/C26H33Cl2N5O/c1-15(21-8-7-20(27)11-22(21)28)32-26-25(23(30)12-29)31-13-24(33-26)19-6-5-18(10-19)17-4-2-3-16(9-17)14-34/h7-8,11,13,15-19,26,32,34H,2-6,9-10,14,30H2,1H3/t15-,16?,17?,18?,19?,26?/m1/s1. The van der Waals surface area contributed by atoms with Gasteiger partial charge in [0.1, 0.15) is 23.6 Å². The molecule has 2 fully saturated rings. The van der Waals surface area contributed by atoms with Crippen LogP contribution in [0.1, 0.15) is 63.5 Å². The maximum absolute atomic E-state index is 9.62. The van der Waals surface area contributed by atoms with Crippen molar-refractivity contribution in [2.75, 3.05) is 6.61 Å². The Labute approximate surface area is 211 Å². The molecule has 8 heteroatoms. The van der Waals surface area contributed by atoms with Crippen LogP contribution >= 0.6 is 23.2 Å². The zero-order chi connectivity index (χ0) is 24.2. The van der Waals surface area contributed by atoms with Gasteiger partial charge in [-0.25, -0.2) is 0 Å². The smallest absolute Gasteiger partial charge is 0.146 e. The maximum Gasteiger partial charge on any atom is 0.146 e. The number of nitrogens with two attached hydrogens (primary N) is 1. The van der Waals surface area contributed by atoms with Crippen molar-refractivity contribution in [1.82, 2.24) is 5.32 Å². The Bertz CT molecular complexity index is 1030. The van der Waals surface area contributed by atoms with Crippen molar-refractivity contribution in [3.63, 3.8) is 0 Å². The van der Waals surface area contributed by atoms with Gasteiger partial charge in [0.25, 0.3) is 0 Å². The van der Waals surface area contributed by atoms with Crippen molar-refractivity contribution in [3.05, 3.63) is 45.2 Å². The SMILES string of the molecule is C[C@@H](NC1N=C(C2CCC(C3CCCC(CO)C3)C2)C=NC1=C(N)C#N)c1ccc(Cl)cc1Cl. The maximum atomic E-state index is 9.62. The molecule has 0 amide bonds. The molecule has 0 saturated heterocycles. The predicted molar refractivity (Wildman–Crippen MR) is 138 cm³/mol. The number of hydrogen-bond acceptors (Lipinski definition) is 6. The molecule has 1 aromatic rings. The Kier molecular flexibility index (Phi) is 8.31. The number of aliphatic hydroxyl groups is 1. The number of halogens is 2. The Morgan fingerprint density at radius 3 is 2.76 bits per heavy atom. The van der Waals surface area contributed by atoms with E-state index in [9.17, 15) is 10.4 Å². The summed E-state index contributed by atoms with van der Waals surface area (Å²) >= 11 is 12.5. The van der Waals surface area contributed by atoms with Gasteiger partial charge >= 0.3 is 0 Å². The molecule has 0 radical (unpaired) electrons. The lowest BCUT2D eigenvalue weighted by atomic mass is 9.74. The highest BCUT2D eigenvalue weighted by Crippen LogP contribution is 2.44. The minimum absolute atomic E-state index is 0.0625. The van der Waals surface area contributed by atoms with E-state index in [2.05, 4.69) is 10.3 Å². The molecule has 34 heavy (non-hydrogen) atoms. The van der Waals surface area contributed by atoms with Crippen molar-refractivity contribution >= 4 is 35.1 Å². The van der Waals surface area contributed by atoms with Crippen LogP contribution in [0.25, 0.3) is 0 Å². The van der Waals surface area contributed by atoms with Gasteiger partial charge in [0.2, 0.25) is 0 Å². The van der Waals surface area contributed by atoms with Gasteiger partial charge in [-0.2, -0.15) is 5.26 Å². The van der Waals surface area contributed by atoms with Crippen molar-refractivity contribution < 1.29 is 5.11 Å². The van der Waals surface area contributed by atoms with Crippen LogP contribution in [-0.4, -0.2) is 29.8 Å². The number of nitrogens with zero attached hydrogens (tertiary/aromatic N) is 3. The number of rotatable bonds is 6. The summed E-state index contributed by atoms with van der Waals surface area (Å²) in [7, 11) is 0. The molecule has 1 aromatic carbocycles. The van der Waals surface area contributed by atoms with Crippen LogP contribution in [0.3, 0.4) is 0 Å².